The van der Waals surface area contributed by atoms with E-state index in [1.165, 1.54) is 54.6 Å². The third-order valence-electron chi connectivity index (χ3n) is 13.6. The molecule has 0 bridgehead atoms. The van der Waals surface area contributed by atoms with Gasteiger partial charge in [0.05, 0.1) is 11.0 Å². The highest BCUT2D eigenvalue weighted by Crippen LogP contribution is 2.45. The van der Waals surface area contributed by atoms with Gasteiger partial charge in [0.1, 0.15) is 22.3 Å². The molecule has 302 valence electrons. The summed E-state index contributed by atoms with van der Waals surface area (Å²) in [4.78, 5) is 0. The first-order valence-corrected chi connectivity index (χ1v) is 22.2. The number of aromatic nitrogens is 1. The Bertz CT molecular complexity index is 4000. The second-order valence-electron chi connectivity index (χ2n) is 17.1. The first kappa shape index (κ1) is 35.9. The molecule has 3 heteroatoms. The fourth-order valence-corrected chi connectivity index (χ4v) is 10.7. The molecule has 0 unspecified atom stereocenters. The van der Waals surface area contributed by atoms with Gasteiger partial charge < -0.3 is 13.4 Å². The lowest BCUT2D eigenvalue weighted by Gasteiger charge is -2.18. The molecule has 0 N–H and O–H groups in total. The van der Waals surface area contributed by atoms with Crippen LogP contribution in [0.5, 0.6) is 0 Å². The van der Waals surface area contributed by atoms with Crippen molar-refractivity contribution >= 4 is 87.2 Å². The summed E-state index contributed by atoms with van der Waals surface area (Å²) in [6.07, 6.45) is 0. The van der Waals surface area contributed by atoms with E-state index in [0.29, 0.717) is 0 Å². The van der Waals surface area contributed by atoms with Gasteiger partial charge in [-0.3, -0.25) is 0 Å². The first-order valence-electron chi connectivity index (χ1n) is 22.2. The number of furan rings is 2. The van der Waals surface area contributed by atoms with Gasteiger partial charge in [-0.15, -0.1) is 0 Å². The van der Waals surface area contributed by atoms with E-state index in [4.69, 9.17) is 8.83 Å². The van der Waals surface area contributed by atoms with E-state index in [1.807, 2.05) is 12.1 Å². The normalized spacial score (nSPS) is 12.0. The van der Waals surface area contributed by atoms with Crippen molar-refractivity contribution in [3.8, 4) is 50.2 Å². The molecule has 65 heavy (non-hydrogen) atoms. The van der Waals surface area contributed by atoms with Crippen LogP contribution in [0, 0.1) is 0 Å². The molecule has 11 aromatic carbocycles. The van der Waals surface area contributed by atoms with Crippen molar-refractivity contribution in [2.45, 2.75) is 0 Å². The van der Waals surface area contributed by atoms with Crippen LogP contribution in [-0.4, -0.2) is 4.57 Å². The fourth-order valence-electron chi connectivity index (χ4n) is 10.7. The van der Waals surface area contributed by atoms with Crippen LogP contribution >= 0.6 is 0 Å². The number of fused-ring (bicyclic) bond motifs is 11. The van der Waals surface area contributed by atoms with Crippen molar-refractivity contribution in [2.75, 3.05) is 0 Å². The van der Waals surface area contributed by atoms with Crippen LogP contribution in [-0.2, 0) is 0 Å². The van der Waals surface area contributed by atoms with Crippen LogP contribution in [0.3, 0.4) is 0 Å². The monoisotopic (exact) mass is 827 g/mol. The zero-order chi connectivity index (χ0) is 42.6. The molecule has 0 saturated heterocycles. The van der Waals surface area contributed by atoms with E-state index in [1.54, 1.807) is 0 Å². The largest absolute Gasteiger partial charge is 0.455 e. The molecule has 3 heterocycles. The minimum absolute atomic E-state index is 0.897. The molecule has 0 radical (unpaired) electrons. The predicted octanol–water partition coefficient (Wildman–Crippen LogP) is 17.6. The summed E-state index contributed by atoms with van der Waals surface area (Å²) in [7, 11) is 0. The highest BCUT2D eigenvalue weighted by Gasteiger charge is 2.21. The highest BCUT2D eigenvalue weighted by molar-refractivity contribution is 6.22. The molecule has 0 aliphatic heterocycles. The van der Waals surface area contributed by atoms with Crippen LogP contribution in [0.4, 0.5) is 0 Å². The van der Waals surface area contributed by atoms with E-state index in [2.05, 4.69) is 217 Å². The van der Waals surface area contributed by atoms with E-state index >= 15 is 0 Å². The molecule has 0 saturated carbocycles. The Morgan fingerprint density at radius 2 is 0.646 bits per heavy atom. The Morgan fingerprint density at radius 3 is 1.12 bits per heavy atom. The Morgan fingerprint density at radius 1 is 0.262 bits per heavy atom. The van der Waals surface area contributed by atoms with Crippen LogP contribution in [0.15, 0.2) is 233 Å². The summed E-state index contributed by atoms with van der Waals surface area (Å²) in [6, 6.07) is 81.0. The molecular formula is C62H37NO2. The van der Waals surface area contributed by atoms with Gasteiger partial charge in [0.2, 0.25) is 0 Å². The maximum Gasteiger partial charge on any atom is 0.143 e. The van der Waals surface area contributed by atoms with Gasteiger partial charge in [-0.05, 0) is 103 Å². The molecule has 3 nitrogen and oxygen atoms in total. The van der Waals surface area contributed by atoms with Crippen LogP contribution < -0.4 is 0 Å². The molecule has 0 aliphatic rings. The fraction of sp³-hybridized carbons (Fsp3) is 0. The average Bonchev–Trinajstić information content (AvgIpc) is 4.05. The summed E-state index contributed by atoms with van der Waals surface area (Å²) in [5.41, 5.74) is 16.3. The Hall–Kier alpha value is -8.66. The maximum atomic E-state index is 6.57. The van der Waals surface area contributed by atoms with E-state index in [9.17, 15) is 0 Å². The average molecular weight is 828 g/mol. The number of hydrogen-bond donors (Lipinski definition) is 0. The van der Waals surface area contributed by atoms with Gasteiger partial charge in [0.25, 0.3) is 0 Å². The second-order valence-corrected chi connectivity index (χ2v) is 17.1. The van der Waals surface area contributed by atoms with E-state index in [-0.39, 0.29) is 0 Å². The summed E-state index contributed by atoms with van der Waals surface area (Å²) in [5.74, 6) is 0. The van der Waals surface area contributed by atoms with Crippen molar-refractivity contribution in [1.29, 1.82) is 0 Å². The molecule has 14 aromatic rings. The minimum atomic E-state index is 0.897. The zero-order valence-corrected chi connectivity index (χ0v) is 35.1. The molecule has 14 rings (SSSR count). The van der Waals surface area contributed by atoms with E-state index in [0.717, 1.165) is 82.9 Å². The Labute approximate surface area is 373 Å². The Kier molecular flexibility index (Phi) is 7.69. The lowest BCUT2D eigenvalue weighted by Crippen LogP contribution is -1.95. The number of para-hydroxylation sites is 4. The second kappa shape index (κ2) is 13.9. The van der Waals surface area contributed by atoms with Crippen LogP contribution in [0.25, 0.3) is 137 Å². The van der Waals surface area contributed by atoms with Crippen molar-refractivity contribution in [1.82, 2.24) is 4.57 Å². The number of nitrogens with zero attached hydrogens (tertiary/aromatic N) is 1. The summed E-state index contributed by atoms with van der Waals surface area (Å²) in [5, 5.41) is 11.8. The lowest BCUT2D eigenvalue weighted by atomic mass is 9.86. The first-order chi connectivity index (χ1) is 32.2. The van der Waals surface area contributed by atoms with Gasteiger partial charge in [-0.2, -0.15) is 0 Å². The van der Waals surface area contributed by atoms with Crippen LogP contribution in [0.1, 0.15) is 0 Å². The molecule has 0 atom stereocenters. The number of hydrogen-bond acceptors (Lipinski definition) is 2. The molecule has 0 spiro atoms. The van der Waals surface area contributed by atoms with Gasteiger partial charge in [0.15, 0.2) is 0 Å². The van der Waals surface area contributed by atoms with Gasteiger partial charge >= 0.3 is 0 Å². The number of benzene rings is 11. The quantitative estimate of drug-likeness (QED) is 0.162. The van der Waals surface area contributed by atoms with Crippen molar-refractivity contribution in [3.05, 3.63) is 224 Å². The third kappa shape index (κ3) is 5.36. The van der Waals surface area contributed by atoms with Crippen LogP contribution in [0.2, 0.25) is 0 Å². The lowest BCUT2D eigenvalue weighted by molar-refractivity contribution is 0.669. The smallest absolute Gasteiger partial charge is 0.143 e. The molecule has 0 fully saturated rings. The third-order valence-corrected chi connectivity index (χ3v) is 13.6. The molecule has 0 aliphatic carbocycles. The minimum Gasteiger partial charge on any atom is -0.455 e. The molecular weight excluding hydrogens is 791 g/mol. The van der Waals surface area contributed by atoms with Crippen molar-refractivity contribution < 1.29 is 8.83 Å². The van der Waals surface area contributed by atoms with Crippen molar-refractivity contribution in [2.24, 2.45) is 0 Å². The topological polar surface area (TPSA) is 31.2 Å². The standard InChI is InChI=1S/C62H37NO2/c1-2-14-38(15-3-1)59-47-18-4-6-20-49(47)60(50-21-7-5-19-48(50)59)39-28-32-42(33-29-39)63-55-34-30-40(43-22-12-24-51-45-16-8-10-26-57(45)64-61(43)51)36-53(55)54-37-41(31-35-56(54)63)44-23-13-25-52-46-17-9-11-27-58(46)65-62(44)52/h1-37H. The summed E-state index contributed by atoms with van der Waals surface area (Å²) >= 11 is 0. The highest BCUT2D eigenvalue weighted by atomic mass is 16.3. The Balaban J connectivity index is 0.979. The van der Waals surface area contributed by atoms with Gasteiger partial charge in [0, 0.05) is 49.1 Å². The summed E-state index contributed by atoms with van der Waals surface area (Å²) in [6.45, 7) is 0. The van der Waals surface area contributed by atoms with Gasteiger partial charge in [-0.25, -0.2) is 0 Å². The SMILES string of the molecule is c1ccc(-c2c3ccccc3c(-c3ccc(-n4c5ccc(-c6cccc7c6oc6ccccc67)cc5c5cc(-c6cccc7c6oc6ccccc67)ccc54)cc3)c3ccccc23)cc1. The van der Waals surface area contributed by atoms with Gasteiger partial charge in [-0.1, -0.05) is 176 Å². The number of rotatable bonds is 5. The van der Waals surface area contributed by atoms with E-state index < -0.39 is 0 Å². The molecule has 0 amide bonds. The predicted molar refractivity (Wildman–Crippen MR) is 272 cm³/mol. The zero-order valence-electron chi connectivity index (χ0n) is 35.1. The molecule has 3 aromatic heterocycles. The summed E-state index contributed by atoms with van der Waals surface area (Å²) < 4.78 is 15.6. The van der Waals surface area contributed by atoms with Crippen molar-refractivity contribution in [3.63, 3.8) is 0 Å². The maximum absolute atomic E-state index is 6.57.